The van der Waals surface area contributed by atoms with Gasteiger partial charge >= 0.3 is 0 Å². The summed E-state index contributed by atoms with van der Waals surface area (Å²) in [5.41, 5.74) is 5.09. The van der Waals surface area contributed by atoms with Gasteiger partial charge in [0.05, 0.1) is 6.54 Å². The van der Waals surface area contributed by atoms with Crippen molar-refractivity contribution in [2.75, 3.05) is 6.54 Å². The average Bonchev–Trinajstić information content (AvgIpc) is 2.41. The van der Waals surface area contributed by atoms with E-state index in [1.165, 1.54) is 12.8 Å². The topological polar surface area (TPSA) is 61.9 Å². The van der Waals surface area contributed by atoms with Crippen molar-refractivity contribution in [2.24, 2.45) is 5.73 Å². The molecule has 1 fully saturated rings. The van der Waals surface area contributed by atoms with Gasteiger partial charge in [-0.25, -0.2) is 0 Å². The van der Waals surface area contributed by atoms with E-state index in [-0.39, 0.29) is 5.84 Å². The predicted octanol–water partition coefficient (Wildman–Crippen LogP) is -0.326. The minimum absolute atomic E-state index is 0.233. The van der Waals surface area contributed by atoms with Gasteiger partial charge in [-0.3, -0.25) is 5.41 Å². The molecule has 4 N–H and O–H groups in total. The fourth-order valence-electron chi connectivity index (χ4n) is 0.542. The van der Waals surface area contributed by atoms with Gasteiger partial charge in [-0.05, 0) is 12.8 Å². The van der Waals surface area contributed by atoms with Gasteiger partial charge in [0.1, 0.15) is 5.84 Å². The summed E-state index contributed by atoms with van der Waals surface area (Å²) in [6.45, 7) is 0.560. The van der Waals surface area contributed by atoms with Crippen molar-refractivity contribution in [1.82, 2.24) is 5.32 Å². The maximum absolute atomic E-state index is 6.83. The third-order valence-electron chi connectivity index (χ3n) is 1.16. The molecule has 1 aliphatic rings. The highest BCUT2D eigenvalue weighted by Crippen LogP contribution is 2.17. The molecule has 0 unspecified atom stereocenters. The lowest BCUT2D eigenvalue weighted by Gasteiger charge is -1.96. The summed E-state index contributed by atoms with van der Waals surface area (Å²) < 4.78 is 0. The highest BCUT2D eigenvalue weighted by Gasteiger charge is 2.19. The van der Waals surface area contributed by atoms with E-state index in [9.17, 15) is 0 Å². The van der Waals surface area contributed by atoms with Crippen LogP contribution in [0.4, 0.5) is 0 Å². The molecule has 8 heavy (non-hydrogen) atoms. The van der Waals surface area contributed by atoms with Crippen LogP contribution in [-0.4, -0.2) is 18.4 Å². The van der Waals surface area contributed by atoms with Gasteiger partial charge in [-0.2, -0.15) is 0 Å². The third-order valence-corrected chi connectivity index (χ3v) is 1.16. The fourth-order valence-corrected chi connectivity index (χ4v) is 0.542. The van der Waals surface area contributed by atoms with E-state index in [0.29, 0.717) is 12.6 Å². The average molecular weight is 113 g/mol. The molecule has 0 aromatic carbocycles. The molecule has 0 radical (unpaired) electrons. The minimum atomic E-state index is 0.233. The van der Waals surface area contributed by atoms with Crippen molar-refractivity contribution in [1.29, 1.82) is 5.41 Å². The molecule has 0 amide bonds. The summed E-state index contributed by atoms with van der Waals surface area (Å²) in [5.74, 6) is 0.233. The molecule has 0 spiro atoms. The zero-order chi connectivity index (χ0) is 5.98. The van der Waals surface area contributed by atoms with Crippen molar-refractivity contribution >= 4 is 5.84 Å². The van der Waals surface area contributed by atoms with E-state index >= 15 is 0 Å². The maximum Gasteiger partial charge on any atom is 0.105 e. The molecule has 3 nitrogen and oxygen atoms in total. The minimum Gasteiger partial charge on any atom is -0.387 e. The summed E-state index contributed by atoms with van der Waals surface area (Å²) in [7, 11) is 0. The van der Waals surface area contributed by atoms with Gasteiger partial charge in [0.2, 0.25) is 0 Å². The summed E-state index contributed by atoms with van der Waals surface area (Å²) in [6, 6.07) is 0.666. The monoisotopic (exact) mass is 113 g/mol. The summed E-state index contributed by atoms with van der Waals surface area (Å²) in [5, 5.41) is 9.94. The fraction of sp³-hybridized carbons (Fsp3) is 0.800. The molecule has 0 aromatic rings. The second-order valence-corrected chi connectivity index (χ2v) is 2.18. The molecular weight excluding hydrogens is 102 g/mol. The van der Waals surface area contributed by atoms with Crippen molar-refractivity contribution in [3.63, 3.8) is 0 Å². The zero-order valence-corrected chi connectivity index (χ0v) is 4.78. The van der Waals surface area contributed by atoms with E-state index in [0.717, 1.165) is 0 Å². The summed E-state index contributed by atoms with van der Waals surface area (Å²) >= 11 is 0. The van der Waals surface area contributed by atoms with Gasteiger partial charge < -0.3 is 11.1 Å². The Bertz CT molecular complexity index is 95.8. The first-order chi connectivity index (χ1) is 3.79. The first kappa shape index (κ1) is 5.56. The molecule has 0 heterocycles. The van der Waals surface area contributed by atoms with Crippen molar-refractivity contribution in [3.8, 4) is 0 Å². The van der Waals surface area contributed by atoms with Crippen molar-refractivity contribution < 1.29 is 0 Å². The Kier molecular flexibility index (Phi) is 1.48. The number of hydrogen-bond acceptors (Lipinski definition) is 2. The lowest BCUT2D eigenvalue weighted by molar-refractivity contribution is 0.764. The lowest BCUT2D eigenvalue weighted by atomic mass is 10.5. The van der Waals surface area contributed by atoms with E-state index in [1.807, 2.05) is 0 Å². The van der Waals surface area contributed by atoms with Gasteiger partial charge in [0, 0.05) is 6.04 Å². The van der Waals surface area contributed by atoms with Crippen LogP contribution in [-0.2, 0) is 0 Å². The van der Waals surface area contributed by atoms with Crippen LogP contribution in [0.5, 0.6) is 0 Å². The number of nitrogens with two attached hydrogens (primary N) is 1. The highest BCUT2D eigenvalue weighted by molar-refractivity contribution is 5.78. The van der Waals surface area contributed by atoms with E-state index < -0.39 is 0 Å². The number of amidine groups is 1. The van der Waals surface area contributed by atoms with Crippen LogP contribution in [0, 0.1) is 5.41 Å². The largest absolute Gasteiger partial charge is 0.387 e. The Morgan fingerprint density at radius 2 is 2.38 bits per heavy atom. The van der Waals surface area contributed by atoms with Crippen LogP contribution in [0.25, 0.3) is 0 Å². The summed E-state index contributed by atoms with van der Waals surface area (Å²) in [6.07, 6.45) is 2.51. The Hall–Kier alpha value is -0.570. The quantitative estimate of drug-likeness (QED) is 0.347. The van der Waals surface area contributed by atoms with Crippen LogP contribution < -0.4 is 11.1 Å². The maximum atomic E-state index is 6.83. The second kappa shape index (κ2) is 2.13. The molecule has 1 aliphatic carbocycles. The first-order valence-corrected chi connectivity index (χ1v) is 2.85. The highest BCUT2D eigenvalue weighted by atomic mass is 15.0. The van der Waals surface area contributed by atoms with Crippen LogP contribution in [0.2, 0.25) is 0 Å². The van der Waals surface area contributed by atoms with Crippen LogP contribution >= 0.6 is 0 Å². The van der Waals surface area contributed by atoms with Crippen LogP contribution in [0.15, 0.2) is 0 Å². The van der Waals surface area contributed by atoms with Crippen LogP contribution in [0.1, 0.15) is 12.8 Å². The molecule has 0 aromatic heterocycles. The number of nitrogens with one attached hydrogen (secondary N) is 2. The Morgan fingerprint density at radius 3 is 2.75 bits per heavy atom. The molecule has 0 saturated heterocycles. The van der Waals surface area contributed by atoms with Gasteiger partial charge in [-0.1, -0.05) is 0 Å². The molecule has 0 bridgehead atoms. The zero-order valence-electron chi connectivity index (χ0n) is 4.78. The van der Waals surface area contributed by atoms with Crippen molar-refractivity contribution in [3.05, 3.63) is 0 Å². The lowest BCUT2D eigenvalue weighted by Crippen LogP contribution is -2.29. The molecule has 46 valence electrons. The second-order valence-electron chi connectivity index (χ2n) is 2.18. The smallest absolute Gasteiger partial charge is 0.105 e. The predicted molar refractivity (Wildman–Crippen MR) is 32.9 cm³/mol. The Labute approximate surface area is 48.8 Å². The SMILES string of the molecule is N=C(N)CNC1CC1. The van der Waals surface area contributed by atoms with Gasteiger partial charge in [0.25, 0.3) is 0 Å². The van der Waals surface area contributed by atoms with Gasteiger partial charge in [0.15, 0.2) is 0 Å². The van der Waals surface area contributed by atoms with Crippen LogP contribution in [0.3, 0.4) is 0 Å². The normalized spacial score (nSPS) is 18.5. The molecule has 0 atom stereocenters. The Morgan fingerprint density at radius 1 is 1.75 bits per heavy atom. The van der Waals surface area contributed by atoms with E-state index in [4.69, 9.17) is 11.1 Å². The molecule has 0 aliphatic heterocycles. The van der Waals surface area contributed by atoms with E-state index in [2.05, 4.69) is 5.32 Å². The standard InChI is InChI=1S/C5H11N3/c6-5(7)3-8-4-1-2-4/h4,8H,1-3H2,(H3,6,7). The van der Waals surface area contributed by atoms with E-state index in [1.54, 1.807) is 0 Å². The first-order valence-electron chi connectivity index (χ1n) is 2.85. The Balaban J connectivity index is 1.95. The van der Waals surface area contributed by atoms with Crippen molar-refractivity contribution in [2.45, 2.75) is 18.9 Å². The number of hydrogen-bond donors (Lipinski definition) is 3. The molecule has 1 saturated carbocycles. The molecule has 1 rings (SSSR count). The molecular formula is C5H11N3. The molecule has 3 heteroatoms. The number of rotatable bonds is 3. The third kappa shape index (κ3) is 1.93. The van der Waals surface area contributed by atoms with Gasteiger partial charge in [-0.15, -0.1) is 0 Å². The summed E-state index contributed by atoms with van der Waals surface area (Å²) in [4.78, 5) is 0.